The Kier molecular flexibility index (Phi) is 1.87. The third-order valence-electron chi connectivity index (χ3n) is 2.66. The lowest BCUT2D eigenvalue weighted by atomic mass is 9.88. The minimum atomic E-state index is 0.826. The van der Waals surface area contributed by atoms with Crippen molar-refractivity contribution >= 4 is 0 Å². The first-order chi connectivity index (χ1) is 5.75. The lowest BCUT2D eigenvalue weighted by Gasteiger charge is -2.20. The SMILES string of the molecule is Cc1ccc2c(n1)C[C@@H](C)CC2. The molecule has 0 saturated carbocycles. The molecule has 0 amide bonds. The zero-order valence-corrected chi connectivity index (χ0v) is 7.80. The Labute approximate surface area is 73.8 Å². The van der Waals surface area contributed by atoms with Crippen LogP contribution in [0.15, 0.2) is 12.1 Å². The van der Waals surface area contributed by atoms with Gasteiger partial charge in [0.15, 0.2) is 0 Å². The summed E-state index contributed by atoms with van der Waals surface area (Å²) >= 11 is 0. The van der Waals surface area contributed by atoms with Crippen molar-refractivity contribution in [2.45, 2.75) is 33.1 Å². The Morgan fingerprint density at radius 3 is 3.08 bits per heavy atom. The Balaban J connectivity index is 2.37. The summed E-state index contributed by atoms with van der Waals surface area (Å²) < 4.78 is 0. The lowest BCUT2D eigenvalue weighted by Crippen LogP contribution is -2.13. The van der Waals surface area contributed by atoms with Crippen molar-refractivity contribution in [2.24, 2.45) is 5.92 Å². The van der Waals surface area contributed by atoms with Crippen molar-refractivity contribution < 1.29 is 0 Å². The van der Waals surface area contributed by atoms with Gasteiger partial charge in [0.2, 0.25) is 0 Å². The van der Waals surface area contributed by atoms with Gasteiger partial charge in [0.1, 0.15) is 0 Å². The van der Waals surface area contributed by atoms with Crippen LogP contribution in [0.25, 0.3) is 0 Å². The molecule has 0 aromatic carbocycles. The molecule has 0 bridgehead atoms. The maximum absolute atomic E-state index is 4.56. The van der Waals surface area contributed by atoms with Crippen LogP contribution in [-0.4, -0.2) is 4.98 Å². The maximum atomic E-state index is 4.56. The van der Waals surface area contributed by atoms with Crippen molar-refractivity contribution in [3.05, 3.63) is 29.1 Å². The smallest absolute Gasteiger partial charge is 0.0441 e. The molecule has 64 valence electrons. The first-order valence-electron chi connectivity index (χ1n) is 4.71. The number of nitrogens with zero attached hydrogens (tertiary/aromatic N) is 1. The van der Waals surface area contributed by atoms with Crippen molar-refractivity contribution in [1.29, 1.82) is 0 Å². The quantitative estimate of drug-likeness (QED) is 0.569. The van der Waals surface area contributed by atoms with E-state index in [2.05, 4.69) is 31.0 Å². The molecule has 0 unspecified atom stereocenters. The fourth-order valence-corrected chi connectivity index (χ4v) is 1.88. The molecule has 0 saturated heterocycles. The summed E-state index contributed by atoms with van der Waals surface area (Å²) in [6, 6.07) is 4.36. The van der Waals surface area contributed by atoms with E-state index < -0.39 is 0 Å². The van der Waals surface area contributed by atoms with Gasteiger partial charge in [-0.1, -0.05) is 13.0 Å². The fourth-order valence-electron chi connectivity index (χ4n) is 1.88. The summed E-state index contributed by atoms with van der Waals surface area (Å²) in [6.07, 6.45) is 3.73. The zero-order chi connectivity index (χ0) is 8.55. The van der Waals surface area contributed by atoms with Gasteiger partial charge in [-0.15, -0.1) is 0 Å². The van der Waals surface area contributed by atoms with Crippen molar-refractivity contribution in [1.82, 2.24) is 4.98 Å². The molecule has 0 aliphatic heterocycles. The first-order valence-corrected chi connectivity index (χ1v) is 4.71. The first kappa shape index (κ1) is 7.78. The number of aromatic nitrogens is 1. The van der Waals surface area contributed by atoms with Gasteiger partial charge in [0, 0.05) is 11.4 Å². The second kappa shape index (κ2) is 2.89. The summed E-state index contributed by atoms with van der Waals surface area (Å²) in [7, 11) is 0. The Morgan fingerprint density at radius 1 is 1.42 bits per heavy atom. The van der Waals surface area contributed by atoms with Gasteiger partial charge in [-0.05, 0) is 43.7 Å². The van der Waals surface area contributed by atoms with Gasteiger partial charge < -0.3 is 0 Å². The van der Waals surface area contributed by atoms with Gasteiger partial charge in [0.05, 0.1) is 0 Å². The molecule has 1 aliphatic rings. The molecule has 1 aliphatic carbocycles. The molecule has 1 atom stereocenters. The number of pyridine rings is 1. The van der Waals surface area contributed by atoms with Gasteiger partial charge >= 0.3 is 0 Å². The van der Waals surface area contributed by atoms with E-state index >= 15 is 0 Å². The minimum absolute atomic E-state index is 0.826. The number of rotatable bonds is 0. The van der Waals surface area contributed by atoms with Crippen LogP contribution in [-0.2, 0) is 12.8 Å². The number of hydrogen-bond acceptors (Lipinski definition) is 1. The molecule has 2 rings (SSSR count). The van der Waals surface area contributed by atoms with Crippen LogP contribution in [0.5, 0.6) is 0 Å². The van der Waals surface area contributed by atoms with Crippen LogP contribution in [0.4, 0.5) is 0 Å². The van der Waals surface area contributed by atoms with Crippen LogP contribution >= 0.6 is 0 Å². The second-order valence-corrected chi connectivity index (χ2v) is 3.91. The van der Waals surface area contributed by atoms with Crippen LogP contribution in [0, 0.1) is 12.8 Å². The van der Waals surface area contributed by atoms with Crippen molar-refractivity contribution in [3.63, 3.8) is 0 Å². The summed E-state index contributed by atoms with van der Waals surface area (Å²) in [5.74, 6) is 0.826. The summed E-state index contributed by atoms with van der Waals surface area (Å²) in [5, 5.41) is 0. The molecular weight excluding hydrogens is 146 g/mol. The average Bonchev–Trinajstić information content (AvgIpc) is 2.03. The third-order valence-corrected chi connectivity index (χ3v) is 2.66. The zero-order valence-electron chi connectivity index (χ0n) is 7.80. The molecule has 1 nitrogen and oxygen atoms in total. The van der Waals surface area contributed by atoms with Gasteiger partial charge in [-0.3, -0.25) is 4.98 Å². The Bertz CT molecular complexity index is 291. The standard InChI is InChI=1S/C11H15N/c1-8-3-5-10-6-4-9(2)12-11(10)7-8/h4,6,8H,3,5,7H2,1-2H3/t8-/m0/s1. The van der Waals surface area contributed by atoms with Gasteiger partial charge in [-0.2, -0.15) is 0 Å². The summed E-state index contributed by atoms with van der Waals surface area (Å²) in [5.41, 5.74) is 3.97. The van der Waals surface area contributed by atoms with Crippen LogP contribution in [0.2, 0.25) is 0 Å². The van der Waals surface area contributed by atoms with E-state index in [1.165, 1.54) is 30.5 Å². The highest BCUT2D eigenvalue weighted by atomic mass is 14.7. The highest BCUT2D eigenvalue weighted by Gasteiger charge is 2.15. The monoisotopic (exact) mass is 161 g/mol. The molecule has 0 fully saturated rings. The van der Waals surface area contributed by atoms with Crippen LogP contribution in [0.1, 0.15) is 30.3 Å². The van der Waals surface area contributed by atoms with E-state index in [0.717, 1.165) is 11.6 Å². The van der Waals surface area contributed by atoms with E-state index in [-0.39, 0.29) is 0 Å². The van der Waals surface area contributed by atoms with E-state index in [0.29, 0.717) is 0 Å². The molecule has 1 aromatic heterocycles. The molecule has 0 radical (unpaired) electrons. The second-order valence-electron chi connectivity index (χ2n) is 3.91. The summed E-state index contributed by atoms with van der Waals surface area (Å²) in [6.45, 7) is 4.38. The molecular formula is C11H15N. The number of aryl methyl sites for hydroxylation is 2. The Hall–Kier alpha value is -0.850. The predicted molar refractivity (Wildman–Crippen MR) is 50.2 cm³/mol. The highest BCUT2D eigenvalue weighted by molar-refractivity contribution is 5.25. The summed E-state index contributed by atoms with van der Waals surface area (Å²) in [4.78, 5) is 4.56. The topological polar surface area (TPSA) is 12.9 Å². The molecule has 12 heavy (non-hydrogen) atoms. The molecule has 0 spiro atoms. The van der Waals surface area contributed by atoms with Crippen LogP contribution in [0.3, 0.4) is 0 Å². The largest absolute Gasteiger partial charge is 0.258 e. The molecule has 0 N–H and O–H groups in total. The molecule has 1 heteroatoms. The predicted octanol–water partition coefficient (Wildman–Crippen LogP) is 2.51. The molecule has 1 heterocycles. The lowest BCUT2D eigenvalue weighted by molar-refractivity contribution is 0.491. The van der Waals surface area contributed by atoms with E-state index in [9.17, 15) is 0 Å². The average molecular weight is 161 g/mol. The normalized spacial score (nSPS) is 22.0. The molecule has 1 aromatic rings. The maximum Gasteiger partial charge on any atom is 0.0441 e. The van der Waals surface area contributed by atoms with E-state index in [4.69, 9.17) is 0 Å². The van der Waals surface area contributed by atoms with E-state index in [1.54, 1.807) is 0 Å². The van der Waals surface area contributed by atoms with Crippen molar-refractivity contribution in [2.75, 3.05) is 0 Å². The van der Waals surface area contributed by atoms with Gasteiger partial charge in [-0.25, -0.2) is 0 Å². The van der Waals surface area contributed by atoms with E-state index in [1.807, 2.05) is 0 Å². The Morgan fingerprint density at radius 2 is 2.25 bits per heavy atom. The van der Waals surface area contributed by atoms with Crippen LogP contribution < -0.4 is 0 Å². The number of hydrogen-bond donors (Lipinski definition) is 0. The fraction of sp³-hybridized carbons (Fsp3) is 0.545. The number of fused-ring (bicyclic) bond motifs is 1. The highest BCUT2D eigenvalue weighted by Crippen LogP contribution is 2.23. The minimum Gasteiger partial charge on any atom is -0.258 e. The van der Waals surface area contributed by atoms with Crippen molar-refractivity contribution in [3.8, 4) is 0 Å². The third kappa shape index (κ3) is 1.36. The van der Waals surface area contributed by atoms with Gasteiger partial charge in [0.25, 0.3) is 0 Å².